The van der Waals surface area contributed by atoms with Crippen LogP contribution >= 0.6 is 11.6 Å². The SMILES string of the molecule is Nc1cc(C(=O)O)ccc1Oc1ccc(F)cc1Cl. The second kappa shape index (κ2) is 5.16. The highest BCUT2D eigenvalue weighted by Crippen LogP contribution is 2.33. The summed E-state index contributed by atoms with van der Waals surface area (Å²) in [7, 11) is 0. The van der Waals surface area contributed by atoms with Gasteiger partial charge in [-0.25, -0.2) is 9.18 Å². The van der Waals surface area contributed by atoms with Crippen molar-refractivity contribution in [2.75, 3.05) is 5.73 Å². The Hall–Kier alpha value is -2.27. The van der Waals surface area contributed by atoms with Gasteiger partial charge in [-0.3, -0.25) is 0 Å². The van der Waals surface area contributed by atoms with Gasteiger partial charge in [0.2, 0.25) is 0 Å². The van der Waals surface area contributed by atoms with Crippen LogP contribution in [0, 0.1) is 5.82 Å². The van der Waals surface area contributed by atoms with Crippen LogP contribution in [0.3, 0.4) is 0 Å². The van der Waals surface area contributed by atoms with E-state index < -0.39 is 11.8 Å². The number of ether oxygens (including phenoxy) is 1. The fourth-order valence-corrected chi connectivity index (χ4v) is 1.66. The molecule has 0 saturated heterocycles. The maximum Gasteiger partial charge on any atom is 0.335 e. The normalized spacial score (nSPS) is 10.2. The van der Waals surface area contributed by atoms with Crippen LogP contribution in [0.4, 0.5) is 10.1 Å². The van der Waals surface area contributed by atoms with E-state index in [-0.39, 0.29) is 27.8 Å². The lowest BCUT2D eigenvalue weighted by atomic mass is 10.2. The van der Waals surface area contributed by atoms with Crippen molar-refractivity contribution in [1.29, 1.82) is 0 Å². The summed E-state index contributed by atoms with van der Waals surface area (Å²) in [5.41, 5.74) is 5.89. The summed E-state index contributed by atoms with van der Waals surface area (Å²) in [6.07, 6.45) is 0. The largest absolute Gasteiger partial charge is 0.478 e. The molecule has 0 unspecified atom stereocenters. The Labute approximate surface area is 113 Å². The van der Waals surface area contributed by atoms with Crippen LogP contribution < -0.4 is 10.5 Å². The Balaban J connectivity index is 2.31. The second-order valence-corrected chi connectivity index (χ2v) is 4.14. The number of carboxylic acid groups (broad SMARTS) is 1. The predicted molar refractivity (Wildman–Crippen MR) is 69.3 cm³/mol. The van der Waals surface area contributed by atoms with Crippen LogP contribution in [-0.2, 0) is 0 Å². The van der Waals surface area contributed by atoms with Crippen molar-refractivity contribution in [1.82, 2.24) is 0 Å². The number of hydrogen-bond acceptors (Lipinski definition) is 3. The summed E-state index contributed by atoms with van der Waals surface area (Å²) in [6.45, 7) is 0. The molecule has 0 amide bonds. The Morgan fingerprint density at radius 1 is 1.21 bits per heavy atom. The van der Waals surface area contributed by atoms with Crippen LogP contribution in [0.15, 0.2) is 36.4 Å². The average molecular weight is 282 g/mol. The molecule has 0 radical (unpaired) electrons. The molecule has 0 heterocycles. The van der Waals surface area contributed by atoms with E-state index in [1.165, 1.54) is 30.3 Å². The van der Waals surface area contributed by atoms with Crippen LogP contribution in [-0.4, -0.2) is 11.1 Å². The Morgan fingerprint density at radius 3 is 2.47 bits per heavy atom. The number of carbonyl (C=O) groups is 1. The lowest BCUT2D eigenvalue weighted by Crippen LogP contribution is -1.99. The van der Waals surface area contributed by atoms with Crippen LogP contribution in [0.5, 0.6) is 11.5 Å². The van der Waals surface area contributed by atoms with E-state index in [1.54, 1.807) is 0 Å². The molecule has 0 aliphatic heterocycles. The lowest BCUT2D eigenvalue weighted by Gasteiger charge is -2.10. The molecule has 6 heteroatoms. The molecule has 2 aromatic carbocycles. The third kappa shape index (κ3) is 2.95. The number of benzene rings is 2. The van der Waals surface area contributed by atoms with Crippen molar-refractivity contribution in [3.8, 4) is 11.5 Å². The molecule has 19 heavy (non-hydrogen) atoms. The van der Waals surface area contributed by atoms with Crippen molar-refractivity contribution < 1.29 is 19.0 Å². The van der Waals surface area contributed by atoms with Crippen molar-refractivity contribution in [3.05, 3.63) is 52.8 Å². The standard InChI is InChI=1S/C13H9ClFNO3/c14-9-6-8(15)2-4-11(9)19-12-3-1-7(13(17)18)5-10(12)16/h1-6H,16H2,(H,17,18). The van der Waals surface area contributed by atoms with Crippen molar-refractivity contribution in [2.45, 2.75) is 0 Å². The first-order chi connectivity index (χ1) is 8.97. The zero-order valence-corrected chi connectivity index (χ0v) is 10.3. The van der Waals surface area contributed by atoms with E-state index in [9.17, 15) is 9.18 Å². The summed E-state index contributed by atoms with van der Waals surface area (Å²) in [5, 5.41) is 8.90. The summed E-state index contributed by atoms with van der Waals surface area (Å²) >= 11 is 5.81. The smallest absolute Gasteiger partial charge is 0.335 e. The summed E-state index contributed by atoms with van der Waals surface area (Å²) < 4.78 is 18.3. The maximum absolute atomic E-state index is 12.9. The molecular weight excluding hydrogens is 273 g/mol. The van der Waals surface area contributed by atoms with E-state index in [1.807, 2.05) is 0 Å². The summed E-state index contributed by atoms with van der Waals surface area (Å²) in [6, 6.07) is 7.71. The van der Waals surface area contributed by atoms with E-state index in [4.69, 9.17) is 27.2 Å². The molecule has 0 aliphatic rings. The highest BCUT2D eigenvalue weighted by Gasteiger charge is 2.10. The topological polar surface area (TPSA) is 72.6 Å². The van der Waals surface area contributed by atoms with Gasteiger partial charge < -0.3 is 15.6 Å². The van der Waals surface area contributed by atoms with Gasteiger partial charge in [-0.05, 0) is 36.4 Å². The minimum atomic E-state index is -1.09. The molecule has 0 fully saturated rings. The molecule has 98 valence electrons. The monoisotopic (exact) mass is 281 g/mol. The molecule has 0 aromatic heterocycles. The van der Waals surface area contributed by atoms with Gasteiger partial charge in [0.25, 0.3) is 0 Å². The fraction of sp³-hybridized carbons (Fsp3) is 0. The molecule has 4 nitrogen and oxygen atoms in total. The third-order valence-corrected chi connectivity index (χ3v) is 2.67. The first-order valence-electron chi connectivity index (χ1n) is 5.23. The summed E-state index contributed by atoms with van der Waals surface area (Å²) in [4.78, 5) is 10.8. The highest BCUT2D eigenvalue weighted by atomic mass is 35.5. The second-order valence-electron chi connectivity index (χ2n) is 3.73. The molecule has 0 aliphatic carbocycles. The van der Waals surface area contributed by atoms with Gasteiger partial charge in [0.15, 0.2) is 0 Å². The molecule has 2 rings (SSSR count). The quantitative estimate of drug-likeness (QED) is 0.844. The van der Waals surface area contributed by atoms with Gasteiger partial charge in [-0.1, -0.05) is 11.6 Å². The molecular formula is C13H9ClFNO3. The summed E-state index contributed by atoms with van der Waals surface area (Å²) in [5.74, 6) is -1.08. The van der Waals surface area contributed by atoms with E-state index >= 15 is 0 Å². The van der Waals surface area contributed by atoms with Gasteiger partial charge in [-0.15, -0.1) is 0 Å². The van der Waals surface area contributed by atoms with Gasteiger partial charge in [-0.2, -0.15) is 0 Å². The fourth-order valence-electron chi connectivity index (χ4n) is 1.45. The van der Waals surface area contributed by atoms with Crippen molar-refractivity contribution in [2.24, 2.45) is 0 Å². The van der Waals surface area contributed by atoms with Crippen LogP contribution in [0.1, 0.15) is 10.4 Å². The first kappa shape index (κ1) is 13.2. The minimum absolute atomic E-state index is 0.0510. The minimum Gasteiger partial charge on any atom is -0.478 e. The third-order valence-electron chi connectivity index (χ3n) is 2.37. The maximum atomic E-state index is 12.9. The van der Waals surface area contributed by atoms with E-state index in [0.29, 0.717) is 0 Å². The number of anilines is 1. The zero-order valence-electron chi connectivity index (χ0n) is 9.56. The molecule has 2 aromatic rings. The van der Waals surface area contributed by atoms with Gasteiger partial charge in [0.05, 0.1) is 16.3 Å². The molecule has 0 atom stereocenters. The van der Waals surface area contributed by atoms with Gasteiger partial charge in [0.1, 0.15) is 17.3 Å². The Bertz CT molecular complexity index is 646. The van der Waals surface area contributed by atoms with Crippen LogP contribution in [0.25, 0.3) is 0 Å². The zero-order chi connectivity index (χ0) is 14.0. The number of halogens is 2. The number of nitrogens with two attached hydrogens (primary N) is 1. The first-order valence-corrected chi connectivity index (χ1v) is 5.61. The van der Waals surface area contributed by atoms with Crippen molar-refractivity contribution in [3.63, 3.8) is 0 Å². The van der Waals surface area contributed by atoms with Crippen LogP contribution in [0.2, 0.25) is 5.02 Å². The molecule has 0 spiro atoms. The van der Waals surface area contributed by atoms with E-state index in [0.717, 1.165) is 6.07 Å². The van der Waals surface area contributed by atoms with Gasteiger partial charge >= 0.3 is 5.97 Å². The average Bonchev–Trinajstić information content (AvgIpc) is 2.34. The number of carboxylic acids is 1. The number of rotatable bonds is 3. The van der Waals surface area contributed by atoms with Gasteiger partial charge in [0, 0.05) is 0 Å². The van der Waals surface area contributed by atoms with Crippen molar-refractivity contribution >= 4 is 23.3 Å². The lowest BCUT2D eigenvalue weighted by molar-refractivity contribution is 0.0697. The highest BCUT2D eigenvalue weighted by molar-refractivity contribution is 6.32. The molecule has 0 saturated carbocycles. The Morgan fingerprint density at radius 2 is 1.89 bits per heavy atom. The predicted octanol–water partition coefficient (Wildman–Crippen LogP) is 3.55. The number of hydrogen-bond donors (Lipinski definition) is 2. The molecule has 0 bridgehead atoms. The number of nitrogen functional groups attached to an aromatic ring is 1. The Kier molecular flexibility index (Phi) is 3.57. The molecule has 3 N–H and O–H groups in total. The number of aromatic carboxylic acids is 1. The van der Waals surface area contributed by atoms with E-state index in [2.05, 4.69) is 0 Å².